The number of nitrogens with zero attached hydrogens (tertiary/aromatic N) is 1. The van der Waals surface area contributed by atoms with Gasteiger partial charge in [-0.25, -0.2) is 17.5 Å². The fourth-order valence-corrected chi connectivity index (χ4v) is 3.39. The molecule has 0 aliphatic carbocycles. The Bertz CT molecular complexity index is 687. The van der Waals surface area contributed by atoms with Gasteiger partial charge in [-0.1, -0.05) is 6.07 Å². The lowest BCUT2D eigenvalue weighted by Gasteiger charge is -2.26. The maximum Gasteiger partial charge on any atom is 0.209 e. The van der Waals surface area contributed by atoms with E-state index in [0.717, 1.165) is 23.8 Å². The third-order valence-electron chi connectivity index (χ3n) is 3.37. The highest BCUT2D eigenvalue weighted by atomic mass is 32.2. The average Bonchev–Trinajstić information content (AvgIpc) is 2.42. The Morgan fingerprint density at radius 1 is 1.29 bits per heavy atom. The molecule has 24 heavy (non-hydrogen) atoms. The van der Waals surface area contributed by atoms with Crippen molar-refractivity contribution in [1.82, 2.24) is 15.4 Å². The molecule has 0 aromatic heterocycles. The van der Waals surface area contributed by atoms with Gasteiger partial charge in [0.25, 0.3) is 0 Å². The van der Waals surface area contributed by atoms with Gasteiger partial charge in [0.2, 0.25) is 10.0 Å². The van der Waals surface area contributed by atoms with Crippen LogP contribution in [0.5, 0.6) is 0 Å². The standard InChI is InChI=1S/C16H27FN4O2S/c1-12-10-14(17)7-6-13(12)8-9-19-15(18-4)20-11-16(2,3)21-24(5,22)23/h6-7,10,21H,8-9,11H2,1-5H3,(H2,18,19,20). The van der Waals surface area contributed by atoms with E-state index in [1.165, 1.54) is 12.1 Å². The van der Waals surface area contributed by atoms with E-state index in [2.05, 4.69) is 20.3 Å². The molecule has 3 N–H and O–H groups in total. The van der Waals surface area contributed by atoms with Crippen molar-refractivity contribution >= 4 is 16.0 Å². The molecule has 0 aliphatic heterocycles. The normalized spacial score (nSPS) is 13.0. The van der Waals surface area contributed by atoms with Crippen LogP contribution >= 0.6 is 0 Å². The number of sulfonamides is 1. The summed E-state index contributed by atoms with van der Waals surface area (Å²) in [7, 11) is -1.63. The van der Waals surface area contributed by atoms with E-state index < -0.39 is 15.6 Å². The molecule has 0 heterocycles. The van der Waals surface area contributed by atoms with Crippen molar-refractivity contribution in [3.63, 3.8) is 0 Å². The lowest BCUT2D eigenvalue weighted by atomic mass is 10.1. The number of nitrogens with one attached hydrogen (secondary N) is 3. The van der Waals surface area contributed by atoms with E-state index in [4.69, 9.17) is 0 Å². The molecule has 0 amide bonds. The third kappa shape index (κ3) is 7.74. The SMILES string of the molecule is CN=C(NCCc1ccc(F)cc1C)NCC(C)(C)NS(C)(=O)=O. The van der Waals surface area contributed by atoms with E-state index in [0.29, 0.717) is 19.0 Å². The zero-order valence-electron chi connectivity index (χ0n) is 14.9. The molecule has 8 heteroatoms. The first-order valence-corrected chi connectivity index (χ1v) is 9.60. The second kappa shape index (κ2) is 8.43. The first-order valence-electron chi connectivity index (χ1n) is 7.71. The molecular formula is C16H27FN4O2S. The van der Waals surface area contributed by atoms with Crippen LogP contribution in [0, 0.1) is 12.7 Å². The van der Waals surface area contributed by atoms with Gasteiger partial charge in [-0.2, -0.15) is 0 Å². The molecule has 1 rings (SSSR count). The maximum atomic E-state index is 13.1. The van der Waals surface area contributed by atoms with Gasteiger partial charge in [-0.05, 0) is 50.5 Å². The molecule has 0 radical (unpaired) electrons. The highest BCUT2D eigenvalue weighted by Crippen LogP contribution is 2.10. The molecule has 136 valence electrons. The van der Waals surface area contributed by atoms with Crippen LogP contribution in [-0.2, 0) is 16.4 Å². The molecule has 0 spiro atoms. The summed E-state index contributed by atoms with van der Waals surface area (Å²) in [6, 6.07) is 4.75. The summed E-state index contributed by atoms with van der Waals surface area (Å²) in [6.07, 6.45) is 1.87. The molecule has 0 saturated carbocycles. The molecule has 0 bridgehead atoms. The Kier molecular flexibility index (Phi) is 7.16. The summed E-state index contributed by atoms with van der Waals surface area (Å²) in [5, 5.41) is 6.26. The van der Waals surface area contributed by atoms with Crippen LogP contribution in [0.25, 0.3) is 0 Å². The van der Waals surface area contributed by atoms with Gasteiger partial charge >= 0.3 is 0 Å². The predicted octanol–water partition coefficient (Wildman–Crippen LogP) is 1.17. The van der Waals surface area contributed by atoms with Gasteiger partial charge in [0.05, 0.1) is 6.26 Å². The largest absolute Gasteiger partial charge is 0.356 e. The van der Waals surface area contributed by atoms with E-state index in [1.807, 2.05) is 6.92 Å². The summed E-state index contributed by atoms with van der Waals surface area (Å²) in [5.74, 6) is 0.348. The second-order valence-corrected chi connectivity index (χ2v) is 8.18. The minimum Gasteiger partial charge on any atom is -0.356 e. The Morgan fingerprint density at radius 2 is 1.96 bits per heavy atom. The average molecular weight is 358 g/mol. The van der Waals surface area contributed by atoms with Gasteiger partial charge < -0.3 is 10.6 Å². The summed E-state index contributed by atoms with van der Waals surface area (Å²) < 4.78 is 38.3. The van der Waals surface area contributed by atoms with Crippen LogP contribution in [0.15, 0.2) is 23.2 Å². The van der Waals surface area contributed by atoms with Crippen LogP contribution in [0.2, 0.25) is 0 Å². The number of hydrogen-bond acceptors (Lipinski definition) is 3. The Hall–Kier alpha value is -1.67. The third-order valence-corrected chi connectivity index (χ3v) is 4.30. The lowest BCUT2D eigenvalue weighted by Crippen LogP contribution is -2.53. The second-order valence-electron chi connectivity index (χ2n) is 6.43. The molecule has 0 aliphatic rings. The molecular weight excluding hydrogens is 331 g/mol. The van der Waals surface area contributed by atoms with Gasteiger partial charge in [0.1, 0.15) is 5.82 Å². The Morgan fingerprint density at radius 3 is 2.50 bits per heavy atom. The zero-order chi connectivity index (χ0) is 18.4. The summed E-state index contributed by atoms with van der Waals surface area (Å²) in [5.41, 5.74) is 1.34. The van der Waals surface area contributed by atoms with Crippen molar-refractivity contribution in [3.05, 3.63) is 35.1 Å². The number of aryl methyl sites for hydroxylation is 1. The minimum atomic E-state index is -3.28. The van der Waals surface area contributed by atoms with Crippen molar-refractivity contribution in [3.8, 4) is 0 Å². The molecule has 0 saturated heterocycles. The Labute approximate surface area is 144 Å². The topological polar surface area (TPSA) is 82.6 Å². The van der Waals surface area contributed by atoms with Crippen LogP contribution in [0.3, 0.4) is 0 Å². The number of halogens is 1. The highest BCUT2D eigenvalue weighted by Gasteiger charge is 2.22. The fourth-order valence-electron chi connectivity index (χ4n) is 2.32. The molecule has 1 aromatic carbocycles. The zero-order valence-corrected chi connectivity index (χ0v) is 15.7. The van der Waals surface area contributed by atoms with Crippen LogP contribution < -0.4 is 15.4 Å². The van der Waals surface area contributed by atoms with Crippen molar-refractivity contribution in [2.45, 2.75) is 32.7 Å². The van der Waals surface area contributed by atoms with Gasteiger partial charge in [0, 0.05) is 25.7 Å². The first kappa shape index (κ1) is 20.4. The monoisotopic (exact) mass is 358 g/mol. The first-order chi connectivity index (χ1) is 11.0. The number of guanidine groups is 1. The van der Waals surface area contributed by atoms with Gasteiger partial charge in [-0.15, -0.1) is 0 Å². The van der Waals surface area contributed by atoms with Gasteiger partial charge in [0.15, 0.2) is 5.96 Å². The molecule has 0 atom stereocenters. The summed E-state index contributed by atoms with van der Waals surface area (Å²) >= 11 is 0. The number of benzene rings is 1. The van der Waals surface area contributed by atoms with Gasteiger partial charge in [-0.3, -0.25) is 4.99 Å². The molecule has 0 fully saturated rings. The van der Waals surface area contributed by atoms with Crippen molar-refractivity contribution < 1.29 is 12.8 Å². The quantitative estimate of drug-likeness (QED) is 0.505. The van der Waals surface area contributed by atoms with Crippen LogP contribution in [0.4, 0.5) is 4.39 Å². The van der Waals surface area contributed by atoms with Crippen molar-refractivity contribution in [2.24, 2.45) is 4.99 Å². The van der Waals surface area contributed by atoms with E-state index in [-0.39, 0.29) is 5.82 Å². The maximum absolute atomic E-state index is 13.1. The highest BCUT2D eigenvalue weighted by molar-refractivity contribution is 7.88. The van der Waals surface area contributed by atoms with E-state index in [1.54, 1.807) is 27.0 Å². The Balaban J connectivity index is 2.48. The molecule has 0 unspecified atom stereocenters. The molecule has 1 aromatic rings. The minimum absolute atomic E-state index is 0.234. The lowest BCUT2D eigenvalue weighted by molar-refractivity contribution is 0.446. The number of aliphatic imine (C=N–C) groups is 1. The van der Waals surface area contributed by atoms with Crippen LogP contribution in [0.1, 0.15) is 25.0 Å². The summed E-state index contributed by atoms with van der Waals surface area (Å²) in [4.78, 5) is 4.11. The number of hydrogen-bond donors (Lipinski definition) is 3. The molecule has 6 nitrogen and oxygen atoms in total. The van der Waals surface area contributed by atoms with Crippen molar-refractivity contribution in [2.75, 3.05) is 26.4 Å². The predicted molar refractivity (Wildman–Crippen MR) is 96.3 cm³/mol. The fraction of sp³-hybridized carbons (Fsp3) is 0.562. The van der Waals surface area contributed by atoms with E-state index >= 15 is 0 Å². The smallest absolute Gasteiger partial charge is 0.209 e. The number of rotatable bonds is 7. The van der Waals surface area contributed by atoms with Crippen LogP contribution in [-0.4, -0.2) is 46.3 Å². The van der Waals surface area contributed by atoms with E-state index in [9.17, 15) is 12.8 Å². The van der Waals surface area contributed by atoms with Crippen molar-refractivity contribution in [1.29, 1.82) is 0 Å². The summed E-state index contributed by atoms with van der Waals surface area (Å²) in [6.45, 7) is 6.47.